The summed E-state index contributed by atoms with van der Waals surface area (Å²) in [5.41, 5.74) is 0.354. The van der Waals surface area contributed by atoms with Crippen molar-refractivity contribution in [1.29, 1.82) is 0 Å². The zero-order chi connectivity index (χ0) is 20.6. The molecule has 0 aliphatic carbocycles. The van der Waals surface area contributed by atoms with Crippen LogP contribution in [0.3, 0.4) is 0 Å². The van der Waals surface area contributed by atoms with Crippen molar-refractivity contribution in [2.45, 2.75) is 24.3 Å². The number of sulfonamides is 1. The molecule has 2 aliphatic heterocycles. The van der Waals surface area contributed by atoms with Gasteiger partial charge in [0.2, 0.25) is 10.0 Å². The number of carbonyl (C=O) groups is 2. The van der Waals surface area contributed by atoms with E-state index in [-0.39, 0.29) is 29.8 Å². The molecule has 154 valence electrons. The molecule has 1 N–H and O–H groups in total. The number of hydrogen-bond acceptors (Lipinski definition) is 6. The number of ether oxygens (including phenoxy) is 1. The van der Waals surface area contributed by atoms with Crippen molar-refractivity contribution in [3.8, 4) is 5.75 Å². The van der Waals surface area contributed by atoms with Gasteiger partial charge in [-0.25, -0.2) is 8.42 Å². The number of piperazine rings is 1. The Hall–Kier alpha value is -2.43. The van der Waals surface area contributed by atoms with Crippen LogP contribution < -0.4 is 10.1 Å². The molecule has 1 atom stereocenters. The molecule has 0 unspecified atom stereocenters. The van der Waals surface area contributed by atoms with Crippen molar-refractivity contribution >= 4 is 38.9 Å². The van der Waals surface area contributed by atoms with E-state index >= 15 is 0 Å². The van der Waals surface area contributed by atoms with Crippen LogP contribution in [0, 0.1) is 0 Å². The summed E-state index contributed by atoms with van der Waals surface area (Å²) >= 11 is 1.37. The van der Waals surface area contributed by atoms with Crippen LogP contribution in [0.25, 0.3) is 0 Å². The van der Waals surface area contributed by atoms with Gasteiger partial charge in [-0.15, -0.1) is 11.3 Å². The fourth-order valence-corrected chi connectivity index (χ4v) is 5.54. The average molecular weight is 436 g/mol. The van der Waals surface area contributed by atoms with Crippen LogP contribution in [-0.2, 0) is 14.8 Å². The maximum Gasteiger partial charge on any atom is 0.265 e. The molecule has 0 spiro atoms. The van der Waals surface area contributed by atoms with Crippen molar-refractivity contribution in [2.75, 3.05) is 31.5 Å². The Morgan fingerprint density at radius 1 is 1.24 bits per heavy atom. The van der Waals surface area contributed by atoms with E-state index in [9.17, 15) is 18.0 Å². The van der Waals surface area contributed by atoms with E-state index in [2.05, 4.69) is 5.32 Å². The van der Waals surface area contributed by atoms with Crippen LogP contribution in [0.1, 0.15) is 23.0 Å². The number of carbonyl (C=O) groups excluding carboxylic acids is 2. The zero-order valence-corrected chi connectivity index (χ0v) is 17.5. The Labute approximate surface area is 173 Å². The van der Waals surface area contributed by atoms with Crippen molar-refractivity contribution in [2.24, 2.45) is 0 Å². The maximum absolute atomic E-state index is 13.1. The number of hydrogen-bond donors (Lipinski definition) is 1. The summed E-state index contributed by atoms with van der Waals surface area (Å²) in [6, 6.07) is 8.07. The molecule has 3 heterocycles. The van der Waals surface area contributed by atoms with Gasteiger partial charge >= 0.3 is 0 Å². The highest BCUT2D eigenvalue weighted by Crippen LogP contribution is 2.33. The number of nitrogens with zero attached hydrogens (tertiary/aromatic N) is 2. The third-order valence-corrected chi connectivity index (χ3v) is 7.79. The normalized spacial score (nSPS) is 20.0. The van der Waals surface area contributed by atoms with Crippen LogP contribution in [0.5, 0.6) is 5.75 Å². The second-order valence-corrected chi connectivity index (χ2v) is 9.72. The molecule has 8 nitrogen and oxygen atoms in total. The van der Waals surface area contributed by atoms with Gasteiger partial charge in [0.25, 0.3) is 11.8 Å². The predicted octanol–water partition coefficient (Wildman–Crippen LogP) is 2.00. The smallest absolute Gasteiger partial charge is 0.265 e. The first-order valence-corrected chi connectivity index (χ1v) is 11.7. The Bertz CT molecular complexity index is 1030. The highest BCUT2D eigenvalue weighted by molar-refractivity contribution is 7.89. The first-order chi connectivity index (χ1) is 13.9. The van der Waals surface area contributed by atoms with Gasteiger partial charge in [-0.2, -0.15) is 4.31 Å². The summed E-state index contributed by atoms with van der Waals surface area (Å²) < 4.78 is 33.1. The molecule has 1 fully saturated rings. The molecule has 0 saturated carbocycles. The fourth-order valence-electron chi connectivity index (χ4n) is 3.40. The molecule has 2 amide bonds. The Kier molecular flexibility index (Phi) is 5.32. The largest absolute Gasteiger partial charge is 0.478 e. The Morgan fingerprint density at radius 2 is 2.00 bits per heavy atom. The van der Waals surface area contributed by atoms with Crippen molar-refractivity contribution < 1.29 is 22.7 Å². The Morgan fingerprint density at radius 3 is 2.66 bits per heavy atom. The fraction of sp³-hybridized carbons (Fsp3) is 0.368. The van der Waals surface area contributed by atoms with Gasteiger partial charge in [0.15, 0.2) is 6.10 Å². The Balaban J connectivity index is 1.48. The molecule has 2 aliphatic rings. The summed E-state index contributed by atoms with van der Waals surface area (Å²) in [5, 5.41) is 4.56. The molecule has 2 aromatic rings. The number of nitrogens with one attached hydrogen (secondary N) is 1. The minimum atomic E-state index is -3.74. The first kappa shape index (κ1) is 19.9. The number of benzene rings is 1. The van der Waals surface area contributed by atoms with Crippen molar-refractivity contribution in [3.63, 3.8) is 0 Å². The van der Waals surface area contributed by atoms with Crippen molar-refractivity contribution in [3.05, 3.63) is 40.6 Å². The standard InChI is InChI=1S/C19H21N3O5S2/c1-2-15-18(23)20-14-12-13(5-6-16(14)27-15)29(25,26)22-9-7-21(8-10-22)19(24)17-4-3-11-28-17/h3-6,11-12,15H,2,7-10H2,1H3,(H,20,23)/t15-/m1/s1. The van der Waals surface area contributed by atoms with Crippen LogP contribution >= 0.6 is 11.3 Å². The summed E-state index contributed by atoms with van der Waals surface area (Å²) in [6.07, 6.45) is -0.0429. The number of anilines is 1. The summed E-state index contributed by atoms with van der Waals surface area (Å²) in [7, 11) is -3.74. The zero-order valence-electron chi connectivity index (χ0n) is 15.8. The lowest BCUT2D eigenvalue weighted by Crippen LogP contribution is -2.50. The van der Waals surface area contributed by atoms with E-state index in [1.54, 1.807) is 17.0 Å². The SMILES string of the molecule is CC[C@H]1Oc2ccc(S(=O)(=O)N3CCN(C(=O)c4cccs4)CC3)cc2NC1=O. The van der Waals surface area contributed by atoms with Crippen LogP contribution in [0.15, 0.2) is 40.6 Å². The molecule has 1 aromatic carbocycles. The average Bonchev–Trinajstić information content (AvgIpc) is 3.27. The highest BCUT2D eigenvalue weighted by atomic mass is 32.2. The predicted molar refractivity (Wildman–Crippen MR) is 109 cm³/mol. The lowest BCUT2D eigenvalue weighted by molar-refractivity contribution is -0.123. The van der Waals surface area contributed by atoms with E-state index in [0.29, 0.717) is 35.8 Å². The first-order valence-electron chi connectivity index (χ1n) is 9.34. The van der Waals surface area contributed by atoms with E-state index in [1.807, 2.05) is 18.4 Å². The summed E-state index contributed by atoms with van der Waals surface area (Å²) in [6.45, 7) is 2.95. The maximum atomic E-state index is 13.1. The van der Waals surface area contributed by atoms with E-state index in [1.165, 1.54) is 27.8 Å². The minimum absolute atomic E-state index is 0.0730. The van der Waals surface area contributed by atoms with Crippen LogP contribution in [0.2, 0.25) is 0 Å². The quantitative estimate of drug-likeness (QED) is 0.793. The van der Waals surface area contributed by atoms with Crippen LogP contribution in [0.4, 0.5) is 5.69 Å². The van der Waals surface area contributed by atoms with E-state index in [0.717, 1.165) is 0 Å². The van der Waals surface area contributed by atoms with Gasteiger partial charge in [-0.3, -0.25) is 9.59 Å². The molecule has 10 heteroatoms. The van der Waals surface area contributed by atoms with Gasteiger partial charge in [-0.1, -0.05) is 13.0 Å². The minimum Gasteiger partial charge on any atom is -0.478 e. The second kappa shape index (κ2) is 7.77. The van der Waals surface area contributed by atoms with Crippen LogP contribution in [-0.4, -0.2) is 61.7 Å². The summed E-state index contributed by atoms with van der Waals surface area (Å²) in [5.74, 6) is 0.105. The molecular formula is C19H21N3O5S2. The second-order valence-electron chi connectivity index (χ2n) is 6.84. The molecule has 1 aromatic heterocycles. The lowest BCUT2D eigenvalue weighted by Gasteiger charge is -2.34. The number of thiophene rings is 1. The third-order valence-electron chi connectivity index (χ3n) is 5.04. The van der Waals surface area contributed by atoms with Gasteiger partial charge in [0.1, 0.15) is 5.75 Å². The molecule has 0 radical (unpaired) electrons. The molecule has 0 bridgehead atoms. The highest BCUT2D eigenvalue weighted by Gasteiger charge is 2.32. The van der Waals surface area contributed by atoms with Gasteiger partial charge in [-0.05, 0) is 36.1 Å². The number of amides is 2. The summed E-state index contributed by atoms with van der Waals surface area (Å²) in [4.78, 5) is 26.9. The number of fused-ring (bicyclic) bond motifs is 1. The van der Waals surface area contributed by atoms with Gasteiger partial charge in [0, 0.05) is 26.2 Å². The van der Waals surface area contributed by atoms with Gasteiger partial charge in [0.05, 0.1) is 15.5 Å². The monoisotopic (exact) mass is 435 g/mol. The third kappa shape index (κ3) is 3.75. The topological polar surface area (TPSA) is 96.0 Å². The van der Waals surface area contributed by atoms with E-state index in [4.69, 9.17) is 4.74 Å². The molecule has 1 saturated heterocycles. The molecule has 4 rings (SSSR count). The molecular weight excluding hydrogens is 414 g/mol. The van der Waals surface area contributed by atoms with E-state index < -0.39 is 16.1 Å². The lowest BCUT2D eigenvalue weighted by atomic mass is 10.2. The van der Waals surface area contributed by atoms with Gasteiger partial charge < -0.3 is 15.0 Å². The van der Waals surface area contributed by atoms with Crippen molar-refractivity contribution in [1.82, 2.24) is 9.21 Å². The molecule has 29 heavy (non-hydrogen) atoms. The number of rotatable bonds is 4.